The highest BCUT2D eigenvalue weighted by atomic mass is 35.5. The fourth-order valence-electron chi connectivity index (χ4n) is 2.21. The van der Waals surface area contributed by atoms with Gasteiger partial charge in [0.1, 0.15) is 0 Å². The first-order valence-corrected chi connectivity index (χ1v) is 6.97. The first-order chi connectivity index (χ1) is 8.87. The molecule has 1 saturated heterocycles. The van der Waals surface area contributed by atoms with Crippen molar-refractivity contribution in [2.24, 2.45) is 0 Å². The van der Waals surface area contributed by atoms with Gasteiger partial charge in [-0.15, -0.1) is 0 Å². The molecule has 0 aliphatic carbocycles. The van der Waals surface area contributed by atoms with Crippen molar-refractivity contribution in [2.75, 3.05) is 26.2 Å². The minimum absolute atomic E-state index is 0.0521. The van der Waals surface area contributed by atoms with Gasteiger partial charge in [-0.05, 0) is 32.0 Å². The lowest BCUT2D eigenvalue weighted by atomic mass is 10.1. The summed E-state index contributed by atoms with van der Waals surface area (Å²) >= 11 is 11.8. The molecule has 1 aliphatic heterocycles. The van der Waals surface area contributed by atoms with Gasteiger partial charge >= 0.3 is 0 Å². The Balaban J connectivity index is 2.02. The van der Waals surface area contributed by atoms with Crippen LogP contribution in [0.15, 0.2) is 18.2 Å². The minimum Gasteiger partial charge on any atom is -0.373 e. The average molecular weight is 302 g/mol. The summed E-state index contributed by atoms with van der Waals surface area (Å²) in [7, 11) is 0. The molecule has 0 saturated carbocycles. The van der Waals surface area contributed by atoms with E-state index in [1.165, 1.54) is 0 Å². The number of ketones is 1. The molecule has 0 unspecified atom stereocenters. The predicted octanol–water partition coefficient (Wildman–Crippen LogP) is 3.29. The van der Waals surface area contributed by atoms with E-state index in [1.807, 2.05) is 13.8 Å². The maximum absolute atomic E-state index is 12.2. The molecule has 1 fully saturated rings. The number of benzene rings is 1. The highest BCUT2D eigenvalue weighted by Gasteiger charge is 2.28. The fourth-order valence-corrected chi connectivity index (χ4v) is 2.51. The normalized spacial score (nSPS) is 19.4. The molecule has 3 nitrogen and oxygen atoms in total. The van der Waals surface area contributed by atoms with E-state index in [9.17, 15) is 4.79 Å². The Morgan fingerprint density at radius 2 is 2.11 bits per heavy atom. The van der Waals surface area contributed by atoms with Crippen molar-refractivity contribution in [1.29, 1.82) is 0 Å². The van der Waals surface area contributed by atoms with Gasteiger partial charge in [-0.1, -0.05) is 23.2 Å². The van der Waals surface area contributed by atoms with Gasteiger partial charge in [-0.25, -0.2) is 0 Å². The summed E-state index contributed by atoms with van der Waals surface area (Å²) < 4.78 is 5.63. The second kappa shape index (κ2) is 5.80. The second-order valence-electron chi connectivity index (χ2n) is 5.37. The van der Waals surface area contributed by atoms with Gasteiger partial charge < -0.3 is 4.74 Å². The Bertz CT molecular complexity index is 488. The molecular weight excluding hydrogens is 285 g/mol. The molecule has 2 rings (SSSR count). The minimum atomic E-state index is -0.198. The molecule has 104 valence electrons. The summed E-state index contributed by atoms with van der Waals surface area (Å²) in [6.07, 6.45) is 0. The van der Waals surface area contributed by atoms with Crippen molar-refractivity contribution in [3.8, 4) is 0 Å². The van der Waals surface area contributed by atoms with E-state index >= 15 is 0 Å². The standard InChI is InChI=1S/C14H17Cl2NO2/c1-14(2)9-17(5-6-19-14)8-13(18)10-3-4-11(15)12(16)7-10/h3-4,7H,5-6,8-9H2,1-2H3. The molecule has 0 spiro atoms. The van der Waals surface area contributed by atoms with Crippen LogP contribution in [0.1, 0.15) is 24.2 Å². The van der Waals surface area contributed by atoms with E-state index in [2.05, 4.69) is 4.90 Å². The smallest absolute Gasteiger partial charge is 0.176 e. The summed E-state index contributed by atoms with van der Waals surface area (Å²) in [5.74, 6) is 0.0521. The van der Waals surface area contributed by atoms with Crippen molar-refractivity contribution in [1.82, 2.24) is 4.90 Å². The molecule has 1 aromatic carbocycles. The maximum Gasteiger partial charge on any atom is 0.176 e. The fraction of sp³-hybridized carbons (Fsp3) is 0.500. The highest BCUT2D eigenvalue weighted by Crippen LogP contribution is 2.23. The Labute approximate surface area is 123 Å². The van der Waals surface area contributed by atoms with Crippen LogP contribution in [0.5, 0.6) is 0 Å². The number of hydrogen-bond acceptors (Lipinski definition) is 3. The molecule has 1 aliphatic rings. The monoisotopic (exact) mass is 301 g/mol. The zero-order valence-corrected chi connectivity index (χ0v) is 12.6. The molecule has 0 N–H and O–H groups in total. The number of ether oxygens (including phenoxy) is 1. The first-order valence-electron chi connectivity index (χ1n) is 6.22. The van der Waals surface area contributed by atoms with Crippen LogP contribution in [0.25, 0.3) is 0 Å². The Kier molecular flexibility index (Phi) is 4.51. The molecule has 1 aromatic rings. The summed E-state index contributed by atoms with van der Waals surface area (Å²) in [4.78, 5) is 14.3. The Morgan fingerprint density at radius 3 is 2.74 bits per heavy atom. The van der Waals surface area contributed by atoms with E-state index in [0.29, 0.717) is 28.8 Å². The van der Waals surface area contributed by atoms with Gasteiger partial charge in [-0.3, -0.25) is 9.69 Å². The van der Waals surface area contributed by atoms with Crippen molar-refractivity contribution in [3.63, 3.8) is 0 Å². The third kappa shape index (κ3) is 3.93. The van der Waals surface area contributed by atoms with Crippen molar-refractivity contribution >= 4 is 29.0 Å². The van der Waals surface area contributed by atoms with E-state index < -0.39 is 0 Å². The van der Waals surface area contributed by atoms with Crippen LogP contribution in [0.3, 0.4) is 0 Å². The highest BCUT2D eigenvalue weighted by molar-refractivity contribution is 6.42. The number of carbonyl (C=O) groups excluding carboxylic acids is 1. The molecule has 0 radical (unpaired) electrons. The third-order valence-electron chi connectivity index (χ3n) is 3.11. The molecular formula is C14H17Cl2NO2. The van der Waals surface area contributed by atoms with E-state index in [1.54, 1.807) is 18.2 Å². The predicted molar refractivity (Wildman–Crippen MR) is 77.3 cm³/mol. The summed E-state index contributed by atoms with van der Waals surface area (Å²) in [6, 6.07) is 4.99. The molecule has 0 atom stereocenters. The second-order valence-corrected chi connectivity index (χ2v) is 6.19. The Hall–Kier alpha value is -0.610. The summed E-state index contributed by atoms with van der Waals surface area (Å²) in [5, 5.41) is 0.876. The van der Waals surface area contributed by atoms with Crippen LogP contribution < -0.4 is 0 Å². The lowest BCUT2D eigenvalue weighted by Gasteiger charge is -2.37. The largest absolute Gasteiger partial charge is 0.373 e. The summed E-state index contributed by atoms with van der Waals surface area (Å²) in [6.45, 7) is 6.62. The maximum atomic E-state index is 12.2. The Morgan fingerprint density at radius 1 is 1.37 bits per heavy atom. The van der Waals surface area contributed by atoms with Crippen molar-refractivity contribution in [2.45, 2.75) is 19.4 Å². The molecule has 0 amide bonds. The van der Waals surface area contributed by atoms with E-state index in [0.717, 1.165) is 13.1 Å². The number of morpholine rings is 1. The van der Waals surface area contributed by atoms with Crippen LogP contribution in [0.2, 0.25) is 10.0 Å². The molecule has 5 heteroatoms. The lowest BCUT2D eigenvalue weighted by Crippen LogP contribution is -2.49. The van der Waals surface area contributed by atoms with E-state index in [-0.39, 0.29) is 11.4 Å². The molecule has 0 bridgehead atoms. The van der Waals surface area contributed by atoms with Crippen molar-refractivity contribution < 1.29 is 9.53 Å². The number of rotatable bonds is 3. The zero-order valence-electron chi connectivity index (χ0n) is 11.1. The van der Waals surface area contributed by atoms with Crippen LogP contribution >= 0.6 is 23.2 Å². The van der Waals surface area contributed by atoms with Crippen LogP contribution in [0, 0.1) is 0 Å². The van der Waals surface area contributed by atoms with Gasteiger partial charge in [-0.2, -0.15) is 0 Å². The quantitative estimate of drug-likeness (QED) is 0.803. The van der Waals surface area contributed by atoms with Gasteiger partial charge in [0.25, 0.3) is 0 Å². The SMILES string of the molecule is CC1(C)CN(CC(=O)c2ccc(Cl)c(Cl)c2)CCO1. The molecule has 0 aromatic heterocycles. The number of hydrogen-bond donors (Lipinski definition) is 0. The van der Waals surface area contributed by atoms with Crippen LogP contribution in [-0.4, -0.2) is 42.5 Å². The number of nitrogens with zero attached hydrogens (tertiary/aromatic N) is 1. The lowest BCUT2D eigenvalue weighted by molar-refractivity contribution is -0.0833. The number of carbonyl (C=O) groups is 1. The zero-order chi connectivity index (χ0) is 14.0. The molecule has 19 heavy (non-hydrogen) atoms. The van der Waals surface area contributed by atoms with Gasteiger partial charge in [0.15, 0.2) is 5.78 Å². The topological polar surface area (TPSA) is 29.5 Å². The third-order valence-corrected chi connectivity index (χ3v) is 3.85. The number of halogens is 2. The molecule has 1 heterocycles. The van der Waals surface area contributed by atoms with Gasteiger partial charge in [0.05, 0.1) is 28.8 Å². The van der Waals surface area contributed by atoms with Gasteiger partial charge in [0.2, 0.25) is 0 Å². The first kappa shape index (κ1) is 14.8. The van der Waals surface area contributed by atoms with Crippen LogP contribution in [0.4, 0.5) is 0 Å². The number of Topliss-reactive ketones (excluding diaryl/α,β-unsaturated/α-hetero) is 1. The van der Waals surface area contributed by atoms with Gasteiger partial charge in [0, 0.05) is 18.7 Å². The average Bonchev–Trinajstić information content (AvgIpc) is 2.31. The van der Waals surface area contributed by atoms with E-state index in [4.69, 9.17) is 27.9 Å². The van der Waals surface area contributed by atoms with Crippen LogP contribution in [-0.2, 0) is 4.74 Å². The van der Waals surface area contributed by atoms with Crippen molar-refractivity contribution in [3.05, 3.63) is 33.8 Å². The summed E-state index contributed by atoms with van der Waals surface area (Å²) in [5.41, 5.74) is 0.398.